The number of hydrogen-bond donors (Lipinski definition) is 2. The van der Waals surface area contributed by atoms with Crippen LogP contribution in [-0.4, -0.2) is 28.5 Å². The predicted molar refractivity (Wildman–Crippen MR) is 133 cm³/mol. The summed E-state index contributed by atoms with van der Waals surface area (Å²) in [6, 6.07) is 7.96. The van der Waals surface area contributed by atoms with Crippen LogP contribution in [0.5, 0.6) is 0 Å². The third-order valence-corrected chi connectivity index (χ3v) is 8.25. The largest absolute Gasteiger partial charge is 0.361 e. The zero-order chi connectivity index (χ0) is 24.0. The van der Waals surface area contributed by atoms with E-state index in [0.29, 0.717) is 12.8 Å². The summed E-state index contributed by atoms with van der Waals surface area (Å²) in [6.07, 6.45) is 12.8. The van der Waals surface area contributed by atoms with Gasteiger partial charge in [0.1, 0.15) is 5.41 Å². The number of para-hydroxylation sites is 1. The first-order valence-electron chi connectivity index (χ1n) is 12.3. The number of nitrogens with one attached hydrogen (secondary N) is 2. The van der Waals surface area contributed by atoms with Crippen molar-refractivity contribution >= 4 is 28.4 Å². The Morgan fingerprint density at radius 2 is 1.88 bits per heavy atom. The van der Waals surface area contributed by atoms with E-state index in [1.165, 1.54) is 17.7 Å². The minimum absolute atomic E-state index is 0.0518. The first-order valence-corrected chi connectivity index (χ1v) is 12.3. The summed E-state index contributed by atoms with van der Waals surface area (Å²) >= 11 is 0. The Balaban J connectivity index is 1.61. The van der Waals surface area contributed by atoms with Gasteiger partial charge in [0.15, 0.2) is 11.6 Å². The summed E-state index contributed by atoms with van der Waals surface area (Å²) < 4.78 is 0. The monoisotopic (exact) mass is 456 g/mol. The van der Waals surface area contributed by atoms with Crippen LogP contribution in [0.2, 0.25) is 0 Å². The standard InChI is InChI=1S/C29H32N2O3/c1-17-7-6-8-21-14-18(2)19(3)27-25(15-20-16-30-24-10-5-4-9-23(20)24)31-28(34)29(21,27)26(33)12-11-22(32)13-17/h4-6,8-12,14,16-17,19,21,25,27,30H,7,13,15H2,1-3H3,(H,31,34)/b8-6+,12-11-/t17-,19+,21-,25-,27-,29+/m0/s1. The van der Waals surface area contributed by atoms with Crippen molar-refractivity contribution in [2.24, 2.45) is 29.1 Å². The molecule has 2 aromatic rings. The molecule has 1 fully saturated rings. The highest BCUT2D eigenvalue weighted by Gasteiger charge is 2.64. The molecule has 34 heavy (non-hydrogen) atoms. The van der Waals surface area contributed by atoms with Gasteiger partial charge in [-0.3, -0.25) is 14.4 Å². The number of carbonyl (C=O) groups excluding carboxylic acids is 3. The summed E-state index contributed by atoms with van der Waals surface area (Å²) in [7, 11) is 0. The Bertz CT molecular complexity index is 1250. The molecule has 1 saturated heterocycles. The molecule has 1 aliphatic heterocycles. The molecule has 5 nitrogen and oxygen atoms in total. The molecule has 0 unspecified atom stereocenters. The number of aromatic amines is 1. The number of allylic oxidation sites excluding steroid dienone is 6. The lowest BCUT2D eigenvalue weighted by molar-refractivity contribution is -0.142. The Hall–Kier alpha value is -3.21. The van der Waals surface area contributed by atoms with Crippen LogP contribution in [-0.2, 0) is 20.8 Å². The van der Waals surface area contributed by atoms with Gasteiger partial charge in [0.05, 0.1) is 0 Å². The summed E-state index contributed by atoms with van der Waals surface area (Å²) in [6.45, 7) is 6.26. The van der Waals surface area contributed by atoms with Gasteiger partial charge in [-0.15, -0.1) is 0 Å². The zero-order valence-electron chi connectivity index (χ0n) is 20.0. The average Bonchev–Trinajstić information content (AvgIpc) is 3.34. The van der Waals surface area contributed by atoms with Crippen molar-refractivity contribution in [3.8, 4) is 0 Å². The highest BCUT2D eigenvalue weighted by Crippen LogP contribution is 2.54. The molecule has 2 heterocycles. The number of ketones is 2. The van der Waals surface area contributed by atoms with Gasteiger partial charge in [-0.1, -0.05) is 55.8 Å². The topological polar surface area (TPSA) is 79.0 Å². The van der Waals surface area contributed by atoms with Crippen molar-refractivity contribution in [1.29, 1.82) is 0 Å². The molecule has 6 atom stereocenters. The number of fused-ring (bicyclic) bond motifs is 1. The van der Waals surface area contributed by atoms with Gasteiger partial charge < -0.3 is 10.3 Å². The number of hydrogen-bond acceptors (Lipinski definition) is 3. The molecular formula is C29H32N2O3. The maximum absolute atomic E-state index is 13.9. The quantitative estimate of drug-likeness (QED) is 0.508. The van der Waals surface area contributed by atoms with Crippen molar-refractivity contribution in [3.63, 3.8) is 0 Å². The van der Waals surface area contributed by atoms with Crippen LogP contribution in [0.25, 0.3) is 10.9 Å². The normalized spacial score (nSPS) is 35.7. The SMILES string of the molecule is CC1=C[C@@H]2/C=C/C[C@H](C)CC(=O)/C=C\C(=O)[C@]23C(=O)N[C@@H](Cc2c[nH]c4ccccc24)[C@@H]3[C@@H]1C. The van der Waals surface area contributed by atoms with E-state index >= 15 is 0 Å². The summed E-state index contributed by atoms with van der Waals surface area (Å²) in [5, 5.41) is 4.37. The first-order chi connectivity index (χ1) is 16.3. The molecule has 1 aromatic carbocycles. The number of benzene rings is 1. The second-order valence-electron chi connectivity index (χ2n) is 10.4. The Morgan fingerprint density at radius 3 is 2.71 bits per heavy atom. The van der Waals surface area contributed by atoms with Crippen molar-refractivity contribution in [2.75, 3.05) is 0 Å². The van der Waals surface area contributed by atoms with Crippen LogP contribution in [0.1, 0.15) is 39.2 Å². The molecule has 0 radical (unpaired) electrons. The van der Waals surface area contributed by atoms with E-state index < -0.39 is 5.41 Å². The van der Waals surface area contributed by atoms with E-state index in [2.05, 4.69) is 42.4 Å². The zero-order valence-corrected chi connectivity index (χ0v) is 20.0. The van der Waals surface area contributed by atoms with Crippen LogP contribution in [0.15, 0.2) is 66.4 Å². The van der Waals surface area contributed by atoms with Crippen LogP contribution >= 0.6 is 0 Å². The smallest absolute Gasteiger partial charge is 0.235 e. The summed E-state index contributed by atoms with van der Waals surface area (Å²) in [4.78, 5) is 43.4. The van der Waals surface area contributed by atoms with Gasteiger partial charge in [0.25, 0.3) is 0 Å². The number of carbonyl (C=O) groups is 3. The Kier molecular flexibility index (Phi) is 5.67. The lowest BCUT2D eigenvalue weighted by atomic mass is 9.55. The summed E-state index contributed by atoms with van der Waals surface area (Å²) in [5.41, 5.74) is 2.16. The molecule has 0 saturated carbocycles. The Morgan fingerprint density at radius 1 is 1.09 bits per heavy atom. The average molecular weight is 457 g/mol. The fraction of sp³-hybridized carbons (Fsp3) is 0.414. The van der Waals surface area contributed by atoms with Crippen LogP contribution in [0, 0.1) is 29.1 Å². The van der Waals surface area contributed by atoms with E-state index in [1.807, 2.05) is 37.4 Å². The number of H-pyrrole nitrogens is 1. The van der Waals surface area contributed by atoms with Crippen molar-refractivity contribution in [1.82, 2.24) is 10.3 Å². The molecule has 1 amide bonds. The fourth-order valence-corrected chi connectivity index (χ4v) is 6.43. The molecule has 1 spiro atoms. The molecule has 3 aliphatic rings. The molecule has 0 bridgehead atoms. The van der Waals surface area contributed by atoms with Gasteiger partial charge in [-0.25, -0.2) is 0 Å². The maximum atomic E-state index is 13.9. The van der Waals surface area contributed by atoms with Crippen molar-refractivity contribution in [3.05, 3.63) is 72.0 Å². The summed E-state index contributed by atoms with van der Waals surface area (Å²) in [5.74, 6) is -0.849. The number of aromatic nitrogens is 1. The molecule has 176 valence electrons. The van der Waals surface area contributed by atoms with Crippen molar-refractivity contribution < 1.29 is 14.4 Å². The molecular weight excluding hydrogens is 424 g/mol. The number of amides is 1. The molecule has 5 heteroatoms. The van der Waals surface area contributed by atoms with Gasteiger partial charge in [0, 0.05) is 41.4 Å². The van der Waals surface area contributed by atoms with Gasteiger partial charge in [0.2, 0.25) is 5.91 Å². The third kappa shape index (κ3) is 3.49. The Labute approximate surface area is 200 Å². The van der Waals surface area contributed by atoms with Crippen LogP contribution < -0.4 is 5.32 Å². The fourth-order valence-electron chi connectivity index (χ4n) is 6.43. The predicted octanol–water partition coefficient (Wildman–Crippen LogP) is 4.70. The van der Waals surface area contributed by atoms with Crippen molar-refractivity contribution in [2.45, 2.75) is 46.1 Å². The van der Waals surface area contributed by atoms with Gasteiger partial charge in [-0.05, 0) is 55.4 Å². The van der Waals surface area contributed by atoms with Crippen LogP contribution in [0.4, 0.5) is 0 Å². The van der Waals surface area contributed by atoms with Gasteiger partial charge >= 0.3 is 0 Å². The molecule has 5 rings (SSSR count). The lowest BCUT2D eigenvalue weighted by Crippen LogP contribution is -2.51. The van der Waals surface area contributed by atoms with E-state index in [4.69, 9.17) is 0 Å². The van der Waals surface area contributed by atoms with Gasteiger partial charge in [-0.2, -0.15) is 0 Å². The molecule has 2 N–H and O–H groups in total. The van der Waals surface area contributed by atoms with E-state index in [-0.39, 0.29) is 47.2 Å². The second-order valence-corrected chi connectivity index (χ2v) is 10.4. The third-order valence-electron chi connectivity index (χ3n) is 8.25. The second kappa shape index (κ2) is 8.53. The van der Waals surface area contributed by atoms with Crippen LogP contribution in [0.3, 0.4) is 0 Å². The first kappa shape index (κ1) is 22.6. The van der Waals surface area contributed by atoms with E-state index in [9.17, 15) is 14.4 Å². The minimum atomic E-state index is -1.24. The maximum Gasteiger partial charge on any atom is 0.235 e. The molecule has 2 aliphatic carbocycles. The van der Waals surface area contributed by atoms with E-state index in [1.54, 1.807) is 0 Å². The molecule has 1 aromatic heterocycles. The lowest BCUT2D eigenvalue weighted by Gasteiger charge is -2.44. The van der Waals surface area contributed by atoms with E-state index in [0.717, 1.165) is 22.9 Å². The number of rotatable bonds is 2. The minimum Gasteiger partial charge on any atom is -0.361 e. The highest BCUT2D eigenvalue weighted by molar-refractivity contribution is 6.15. The highest BCUT2D eigenvalue weighted by atomic mass is 16.2.